The molecule has 1 rings (SSSR count). The summed E-state index contributed by atoms with van der Waals surface area (Å²) in [6.07, 6.45) is 0. The fraction of sp³-hybridized carbons (Fsp3) is 0.300. The number of nitrogens with zero attached hydrogens (tertiary/aromatic N) is 1. The number of phenolic OH excluding ortho intramolecular Hbond substituents is 1. The summed E-state index contributed by atoms with van der Waals surface area (Å²) < 4.78 is 13.2. The molecule has 1 N–H and O–H groups in total. The van der Waals surface area contributed by atoms with Crippen molar-refractivity contribution in [1.29, 1.82) is 5.26 Å². The minimum absolute atomic E-state index is 0.0264. The van der Waals surface area contributed by atoms with Crippen molar-refractivity contribution in [1.82, 2.24) is 0 Å². The lowest BCUT2D eigenvalue weighted by Crippen LogP contribution is -1.95. The standard InChI is InChI=1S/C10H10FNO/c1-6-3-9(11)8(4-10(6)13)7(2)5-12/h3-4,7,13H,1-2H3. The van der Waals surface area contributed by atoms with Gasteiger partial charge in [-0.2, -0.15) is 5.26 Å². The molecule has 3 heteroatoms. The molecule has 0 amide bonds. The number of aromatic hydroxyl groups is 1. The van der Waals surface area contributed by atoms with Gasteiger partial charge in [0.15, 0.2) is 0 Å². The van der Waals surface area contributed by atoms with Crippen LogP contribution in [0, 0.1) is 24.1 Å². The monoisotopic (exact) mass is 179 g/mol. The second kappa shape index (κ2) is 3.44. The van der Waals surface area contributed by atoms with Crippen molar-refractivity contribution in [2.24, 2.45) is 0 Å². The van der Waals surface area contributed by atoms with Gasteiger partial charge in [0.1, 0.15) is 11.6 Å². The molecule has 0 aliphatic heterocycles. The minimum atomic E-state index is -0.536. The van der Waals surface area contributed by atoms with Crippen LogP contribution >= 0.6 is 0 Å². The summed E-state index contributed by atoms with van der Waals surface area (Å²) in [5.41, 5.74) is 0.719. The summed E-state index contributed by atoms with van der Waals surface area (Å²) in [5, 5.41) is 17.9. The Morgan fingerprint density at radius 2 is 2.15 bits per heavy atom. The quantitative estimate of drug-likeness (QED) is 0.719. The van der Waals surface area contributed by atoms with Crippen LogP contribution in [0.25, 0.3) is 0 Å². The van der Waals surface area contributed by atoms with E-state index in [0.29, 0.717) is 5.56 Å². The van der Waals surface area contributed by atoms with Crippen molar-refractivity contribution >= 4 is 0 Å². The first-order chi connectivity index (χ1) is 6.06. The molecule has 0 aliphatic rings. The molecule has 1 aromatic rings. The second-order valence-electron chi connectivity index (χ2n) is 3.01. The van der Waals surface area contributed by atoms with E-state index in [0.717, 1.165) is 0 Å². The van der Waals surface area contributed by atoms with Crippen LogP contribution in [0.1, 0.15) is 24.0 Å². The van der Waals surface area contributed by atoms with Crippen LogP contribution < -0.4 is 0 Å². The zero-order valence-electron chi connectivity index (χ0n) is 7.50. The maximum atomic E-state index is 13.2. The largest absolute Gasteiger partial charge is 0.508 e. The molecular weight excluding hydrogens is 169 g/mol. The molecule has 0 aliphatic carbocycles. The third-order valence-corrected chi connectivity index (χ3v) is 1.98. The normalized spacial score (nSPS) is 12.2. The third-order valence-electron chi connectivity index (χ3n) is 1.98. The van der Waals surface area contributed by atoms with Gasteiger partial charge in [0.05, 0.1) is 12.0 Å². The van der Waals surface area contributed by atoms with Gasteiger partial charge in [-0.25, -0.2) is 4.39 Å². The van der Waals surface area contributed by atoms with Gasteiger partial charge in [-0.3, -0.25) is 0 Å². The molecule has 0 saturated heterocycles. The van der Waals surface area contributed by atoms with Crippen molar-refractivity contribution in [2.75, 3.05) is 0 Å². The molecular formula is C10H10FNO. The van der Waals surface area contributed by atoms with Gasteiger partial charge >= 0.3 is 0 Å². The van der Waals surface area contributed by atoms with E-state index in [1.807, 2.05) is 6.07 Å². The number of hydrogen-bond donors (Lipinski definition) is 1. The number of aryl methyl sites for hydroxylation is 1. The van der Waals surface area contributed by atoms with Crippen LogP contribution in [-0.2, 0) is 0 Å². The summed E-state index contributed by atoms with van der Waals surface area (Å²) >= 11 is 0. The van der Waals surface area contributed by atoms with E-state index in [1.54, 1.807) is 13.8 Å². The molecule has 1 aromatic carbocycles. The van der Waals surface area contributed by atoms with Gasteiger partial charge in [-0.05, 0) is 31.5 Å². The first-order valence-electron chi connectivity index (χ1n) is 3.95. The molecule has 0 radical (unpaired) electrons. The molecule has 0 saturated carbocycles. The van der Waals surface area contributed by atoms with Gasteiger partial charge in [-0.1, -0.05) is 0 Å². The lowest BCUT2D eigenvalue weighted by Gasteiger charge is -2.07. The Kier molecular flexibility index (Phi) is 2.52. The fourth-order valence-corrected chi connectivity index (χ4v) is 1.08. The Morgan fingerprint density at radius 3 is 2.69 bits per heavy atom. The summed E-state index contributed by atoms with van der Waals surface area (Å²) in [4.78, 5) is 0. The fourth-order valence-electron chi connectivity index (χ4n) is 1.08. The Labute approximate surface area is 76.2 Å². The molecule has 1 unspecified atom stereocenters. The van der Waals surface area contributed by atoms with Crippen LogP contribution in [0.15, 0.2) is 12.1 Å². The smallest absolute Gasteiger partial charge is 0.128 e. The summed E-state index contributed by atoms with van der Waals surface area (Å²) in [5.74, 6) is -0.950. The van der Waals surface area contributed by atoms with Gasteiger partial charge in [0.25, 0.3) is 0 Å². The molecule has 0 heterocycles. The van der Waals surface area contributed by atoms with E-state index in [2.05, 4.69) is 0 Å². The first kappa shape index (κ1) is 9.53. The highest BCUT2D eigenvalue weighted by Crippen LogP contribution is 2.25. The average molecular weight is 179 g/mol. The number of rotatable bonds is 1. The number of phenols is 1. The predicted octanol–water partition coefficient (Wildman–Crippen LogP) is 2.47. The van der Waals surface area contributed by atoms with E-state index in [4.69, 9.17) is 5.26 Å². The van der Waals surface area contributed by atoms with Crippen LogP contribution in [-0.4, -0.2) is 5.11 Å². The van der Waals surface area contributed by atoms with Crippen LogP contribution in [0.5, 0.6) is 5.75 Å². The Bertz CT molecular complexity index is 368. The maximum absolute atomic E-state index is 13.2. The highest BCUT2D eigenvalue weighted by atomic mass is 19.1. The van der Waals surface area contributed by atoms with E-state index < -0.39 is 11.7 Å². The third kappa shape index (κ3) is 1.78. The number of halogens is 1. The van der Waals surface area contributed by atoms with Crippen LogP contribution in [0.4, 0.5) is 4.39 Å². The Hall–Kier alpha value is -1.56. The van der Waals surface area contributed by atoms with E-state index in [-0.39, 0.29) is 11.3 Å². The lowest BCUT2D eigenvalue weighted by molar-refractivity contribution is 0.466. The number of nitriles is 1. The van der Waals surface area contributed by atoms with Crippen molar-refractivity contribution in [2.45, 2.75) is 19.8 Å². The molecule has 0 spiro atoms. The minimum Gasteiger partial charge on any atom is -0.508 e. The van der Waals surface area contributed by atoms with E-state index in [1.165, 1.54) is 12.1 Å². The molecule has 13 heavy (non-hydrogen) atoms. The lowest BCUT2D eigenvalue weighted by atomic mass is 10.00. The first-order valence-corrected chi connectivity index (χ1v) is 3.95. The highest BCUT2D eigenvalue weighted by molar-refractivity contribution is 5.39. The topological polar surface area (TPSA) is 44.0 Å². The van der Waals surface area contributed by atoms with Crippen molar-refractivity contribution in [3.05, 3.63) is 29.1 Å². The van der Waals surface area contributed by atoms with Gasteiger partial charge < -0.3 is 5.11 Å². The SMILES string of the molecule is Cc1cc(F)c(C(C)C#N)cc1O. The predicted molar refractivity (Wildman–Crippen MR) is 46.8 cm³/mol. The number of hydrogen-bond acceptors (Lipinski definition) is 2. The Morgan fingerprint density at radius 1 is 1.54 bits per heavy atom. The molecule has 1 atom stereocenters. The zero-order valence-corrected chi connectivity index (χ0v) is 7.50. The average Bonchev–Trinajstić information content (AvgIpc) is 2.10. The zero-order chi connectivity index (χ0) is 10.0. The summed E-state index contributed by atoms with van der Waals surface area (Å²) in [7, 11) is 0. The van der Waals surface area contributed by atoms with Gasteiger partial charge in [0, 0.05) is 5.56 Å². The highest BCUT2D eigenvalue weighted by Gasteiger charge is 2.12. The summed E-state index contributed by atoms with van der Waals surface area (Å²) in [6.45, 7) is 3.20. The molecule has 68 valence electrons. The van der Waals surface area contributed by atoms with E-state index in [9.17, 15) is 9.50 Å². The van der Waals surface area contributed by atoms with Gasteiger partial charge in [-0.15, -0.1) is 0 Å². The van der Waals surface area contributed by atoms with Crippen molar-refractivity contribution in [3.63, 3.8) is 0 Å². The molecule has 2 nitrogen and oxygen atoms in total. The van der Waals surface area contributed by atoms with Crippen molar-refractivity contribution in [3.8, 4) is 11.8 Å². The summed E-state index contributed by atoms with van der Waals surface area (Å²) in [6, 6.07) is 4.46. The second-order valence-corrected chi connectivity index (χ2v) is 3.01. The Balaban J connectivity index is 3.25. The number of benzene rings is 1. The van der Waals surface area contributed by atoms with Gasteiger partial charge in [0.2, 0.25) is 0 Å². The molecule has 0 bridgehead atoms. The maximum Gasteiger partial charge on any atom is 0.128 e. The van der Waals surface area contributed by atoms with Crippen LogP contribution in [0.2, 0.25) is 0 Å². The van der Waals surface area contributed by atoms with E-state index >= 15 is 0 Å². The van der Waals surface area contributed by atoms with Crippen molar-refractivity contribution < 1.29 is 9.50 Å². The molecule has 0 aromatic heterocycles. The molecule has 0 fully saturated rings. The van der Waals surface area contributed by atoms with Crippen LogP contribution in [0.3, 0.4) is 0 Å².